The number of thioether (sulfide) groups is 1. The second-order valence-electron chi connectivity index (χ2n) is 7.53. The zero-order valence-corrected chi connectivity index (χ0v) is 20.9. The number of aryl methyl sites for hydroxylation is 1. The molecule has 3 aromatic rings. The number of hydrogen-bond acceptors (Lipinski definition) is 7. The Morgan fingerprint density at radius 2 is 1.74 bits per heavy atom. The molecule has 0 aliphatic carbocycles. The molecule has 0 N–H and O–H groups in total. The zero-order valence-electron chi connectivity index (χ0n) is 18.5. The SMILES string of the molecule is Cc1cccc(OCCN2C(=O)S/C(=C\c3ccccc3OS(=O)(=O)c3ccc(Cl)cc3)C2=O)c1. The minimum atomic E-state index is -4.14. The first kappa shape index (κ1) is 24.8. The van der Waals surface area contributed by atoms with Crippen LogP contribution in [0, 0.1) is 6.92 Å². The summed E-state index contributed by atoms with van der Waals surface area (Å²) in [5.41, 5.74) is 1.38. The lowest BCUT2D eigenvalue weighted by molar-refractivity contribution is -0.123. The van der Waals surface area contributed by atoms with Crippen molar-refractivity contribution in [1.82, 2.24) is 4.90 Å². The maximum atomic E-state index is 12.9. The highest BCUT2D eigenvalue weighted by Crippen LogP contribution is 2.34. The Morgan fingerprint density at radius 3 is 2.49 bits per heavy atom. The number of para-hydroxylation sites is 1. The molecule has 7 nitrogen and oxygen atoms in total. The van der Waals surface area contributed by atoms with Crippen LogP contribution in [0.4, 0.5) is 4.79 Å². The van der Waals surface area contributed by atoms with Gasteiger partial charge in [-0.2, -0.15) is 8.42 Å². The summed E-state index contributed by atoms with van der Waals surface area (Å²) in [6.45, 7) is 2.17. The van der Waals surface area contributed by atoms with Gasteiger partial charge >= 0.3 is 10.1 Å². The monoisotopic (exact) mass is 529 g/mol. The van der Waals surface area contributed by atoms with E-state index in [0.29, 0.717) is 16.3 Å². The molecule has 1 aliphatic rings. The van der Waals surface area contributed by atoms with Crippen LogP contribution >= 0.6 is 23.4 Å². The van der Waals surface area contributed by atoms with Gasteiger partial charge in [0, 0.05) is 10.6 Å². The van der Waals surface area contributed by atoms with Crippen molar-refractivity contribution in [3.8, 4) is 11.5 Å². The maximum Gasteiger partial charge on any atom is 0.339 e. The van der Waals surface area contributed by atoms with Crippen molar-refractivity contribution in [3.05, 3.63) is 93.9 Å². The van der Waals surface area contributed by atoms with Crippen LogP contribution in [0.2, 0.25) is 5.02 Å². The number of hydrogen-bond donors (Lipinski definition) is 0. The van der Waals surface area contributed by atoms with E-state index in [9.17, 15) is 18.0 Å². The number of ether oxygens (including phenoxy) is 1. The van der Waals surface area contributed by atoms with Gasteiger partial charge in [-0.15, -0.1) is 0 Å². The largest absolute Gasteiger partial charge is 0.492 e. The number of amides is 2. The van der Waals surface area contributed by atoms with Gasteiger partial charge in [-0.05, 0) is 72.8 Å². The normalized spacial score (nSPS) is 15.0. The molecular formula is C25H20ClNO6S2. The average molecular weight is 530 g/mol. The van der Waals surface area contributed by atoms with Crippen LogP contribution in [-0.2, 0) is 14.9 Å². The van der Waals surface area contributed by atoms with E-state index in [-0.39, 0.29) is 28.7 Å². The van der Waals surface area contributed by atoms with Crippen molar-refractivity contribution in [1.29, 1.82) is 0 Å². The van der Waals surface area contributed by atoms with E-state index in [0.717, 1.165) is 22.2 Å². The molecule has 3 aromatic carbocycles. The third kappa shape index (κ3) is 6.05. The second kappa shape index (κ2) is 10.6. The van der Waals surface area contributed by atoms with Gasteiger partial charge in [-0.25, -0.2) is 0 Å². The molecule has 0 aromatic heterocycles. The Hall–Kier alpha value is -3.27. The van der Waals surface area contributed by atoms with Crippen molar-refractivity contribution in [2.75, 3.05) is 13.2 Å². The Bertz CT molecular complexity index is 1400. The zero-order chi connectivity index (χ0) is 25.0. The molecule has 0 saturated carbocycles. The van der Waals surface area contributed by atoms with Crippen molar-refractivity contribution in [3.63, 3.8) is 0 Å². The molecule has 10 heteroatoms. The standard InChI is InChI=1S/C25H20ClNO6S2/c1-17-5-4-7-20(15-17)32-14-13-27-24(28)23(34-25(27)29)16-18-6-2-3-8-22(18)33-35(30,31)21-11-9-19(26)10-12-21/h2-12,15-16H,13-14H2,1H3/b23-16-. The lowest BCUT2D eigenvalue weighted by Crippen LogP contribution is -2.32. The van der Waals surface area contributed by atoms with E-state index in [1.807, 2.05) is 25.1 Å². The molecule has 1 aliphatic heterocycles. The van der Waals surface area contributed by atoms with Gasteiger partial charge in [0.15, 0.2) is 0 Å². The van der Waals surface area contributed by atoms with Crippen LogP contribution in [0.15, 0.2) is 82.6 Å². The molecule has 0 bridgehead atoms. The summed E-state index contributed by atoms with van der Waals surface area (Å²) in [5.74, 6) is 0.195. The minimum absolute atomic E-state index is 0.0250. The summed E-state index contributed by atoms with van der Waals surface area (Å²) in [7, 11) is -4.14. The summed E-state index contributed by atoms with van der Waals surface area (Å²) in [6, 6.07) is 19.4. The molecule has 0 spiro atoms. The van der Waals surface area contributed by atoms with Crippen LogP contribution in [0.1, 0.15) is 11.1 Å². The predicted molar refractivity (Wildman–Crippen MR) is 135 cm³/mol. The molecular weight excluding hydrogens is 510 g/mol. The lowest BCUT2D eigenvalue weighted by Gasteiger charge is -2.13. The fourth-order valence-corrected chi connectivity index (χ4v) is 5.17. The summed E-state index contributed by atoms with van der Waals surface area (Å²) >= 11 is 6.60. The van der Waals surface area contributed by atoms with E-state index in [1.54, 1.807) is 24.3 Å². The Kier molecular flexibility index (Phi) is 7.49. The second-order valence-corrected chi connectivity index (χ2v) is 10.5. The number of benzene rings is 3. The highest BCUT2D eigenvalue weighted by Gasteiger charge is 2.35. The number of carbonyl (C=O) groups excluding carboxylic acids is 2. The minimum Gasteiger partial charge on any atom is -0.492 e. The molecule has 2 amide bonds. The smallest absolute Gasteiger partial charge is 0.339 e. The first-order valence-corrected chi connectivity index (χ1v) is 13.1. The third-order valence-corrected chi connectivity index (χ3v) is 7.36. The van der Waals surface area contributed by atoms with Crippen molar-refractivity contribution in [2.45, 2.75) is 11.8 Å². The maximum absolute atomic E-state index is 12.9. The fraction of sp³-hybridized carbons (Fsp3) is 0.120. The van der Waals surface area contributed by atoms with Gasteiger partial charge in [0.05, 0.1) is 11.4 Å². The van der Waals surface area contributed by atoms with Crippen LogP contribution in [0.25, 0.3) is 6.08 Å². The van der Waals surface area contributed by atoms with Crippen LogP contribution in [-0.4, -0.2) is 37.6 Å². The molecule has 1 fully saturated rings. The number of carbonyl (C=O) groups is 2. The molecule has 0 atom stereocenters. The quantitative estimate of drug-likeness (QED) is 0.280. The molecule has 0 unspecified atom stereocenters. The number of halogens is 1. The van der Waals surface area contributed by atoms with Gasteiger partial charge in [-0.1, -0.05) is 41.9 Å². The Labute approximate surface area is 212 Å². The van der Waals surface area contributed by atoms with Crippen LogP contribution < -0.4 is 8.92 Å². The van der Waals surface area contributed by atoms with Crippen molar-refractivity contribution < 1.29 is 26.9 Å². The number of imide groups is 1. The number of rotatable bonds is 8. The van der Waals surface area contributed by atoms with E-state index in [1.165, 1.54) is 36.4 Å². The van der Waals surface area contributed by atoms with Gasteiger partial charge in [0.1, 0.15) is 23.0 Å². The first-order chi connectivity index (χ1) is 16.7. The van der Waals surface area contributed by atoms with Gasteiger partial charge in [0.25, 0.3) is 11.1 Å². The average Bonchev–Trinajstić information content (AvgIpc) is 3.08. The van der Waals surface area contributed by atoms with Gasteiger partial charge < -0.3 is 8.92 Å². The lowest BCUT2D eigenvalue weighted by atomic mass is 10.2. The van der Waals surface area contributed by atoms with Crippen LogP contribution in [0.5, 0.6) is 11.5 Å². The third-order valence-electron chi connectivity index (χ3n) is 4.95. The van der Waals surface area contributed by atoms with Crippen molar-refractivity contribution >= 4 is 50.7 Å². The molecule has 180 valence electrons. The van der Waals surface area contributed by atoms with Gasteiger partial charge in [0.2, 0.25) is 0 Å². The molecule has 0 radical (unpaired) electrons. The molecule has 35 heavy (non-hydrogen) atoms. The Balaban J connectivity index is 1.48. The summed E-state index contributed by atoms with van der Waals surface area (Å²) in [6.07, 6.45) is 1.44. The van der Waals surface area contributed by atoms with E-state index < -0.39 is 21.3 Å². The Morgan fingerprint density at radius 1 is 1.00 bits per heavy atom. The van der Waals surface area contributed by atoms with Crippen LogP contribution in [0.3, 0.4) is 0 Å². The van der Waals surface area contributed by atoms with Gasteiger partial charge in [-0.3, -0.25) is 14.5 Å². The molecule has 1 heterocycles. The van der Waals surface area contributed by atoms with Crippen molar-refractivity contribution in [2.24, 2.45) is 0 Å². The highest BCUT2D eigenvalue weighted by atomic mass is 35.5. The molecule has 1 saturated heterocycles. The highest BCUT2D eigenvalue weighted by molar-refractivity contribution is 8.18. The van der Waals surface area contributed by atoms with E-state index in [4.69, 9.17) is 20.5 Å². The summed E-state index contributed by atoms with van der Waals surface area (Å²) < 4.78 is 36.4. The summed E-state index contributed by atoms with van der Waals surface area (Å²) in [5, 5.41) is -0.0364. The first-order valence-electron chi connectivity index (χ1n) is 10.5. The number of nitrogens with zero attached hydrogens (tertiary/aromatic N) is 1. The predicted octanol–water partition coefficient (Wildman–Crippen LogP) is 5.53. The van der Waals surface area contributed by atoms with E-state index >= 15 is 0 Å². The topological polar surface area (TPSA) is 90.0 Å². The summed E-state index contributed by atoms with van der Waals surface area (Å²) in [4.78, 5) is 26.5. The van der Waals surface area contributed by atoms with E-state index in [2.05, 4.69) is 0 Å². The molecule has 4 rings (SSSR count). The fourth-order valence-electron chi connectivity index (χ4n) is 3.24.